The van der Waals surface area contributed by atoms with Crippen molar-refractivity contribution in [1.82, 2.24) is 5.48 Å². The van der Waals surface area contributed by atoms with Crippen LogP contribution in [0.3, 0.4) is 0 Å². The first-order valence-electron chi connectivity index (χ1n) is 5.21. The lowest BCUT2D eigenvalue weighted by atomic mass is 9.83. The third-order valence-electron chi connectivity index (χ3n) is 2.92. The summed E-state index contributed by atoms with van der Waals surface area (Å²) in [4.78, 5) is 16.2. The predicted octanol–water partition coefficient (Wildman–Crippen LogP) is 1.47. The molecule has 0 saturated carbocycles. The number of amides is 1. The van der Waals surface area contributed by atoms with Crippen LogP contribution < -0.4 is 5.48 Å². The Labute approximate surface area is 89.4 Å². The molecule has 1 aromatic carbocycles. The van der Waals surface area contributed by atoms with Gasteiger partial charge in [-0.05, 0) is 30.4 Å². The van der Waals surface area contributed by atoms with E-state index in [0.29, 0.717) is 0 Å². The smallest absolute Gasteiger partial charge is 0.246 e. The van der Waals surface area contributed by atoms with E-state index in [0.717, 1.165) is 19.3 Å². The van der Waals surface area contributed by atoms with E-state index in [1.54, 1.807) is 0 Å². The van der Waals surface area contributed by atoms with Crippen molar-refractivity contribution in [3.63, 3.8) is 0 Å². The number of hydrogen-bond acceptors (Lipinski definition) is 2. The van der Waals surface area contributed by atoms with Crippen LogP contribution >= 0.6 is 0 Å². The van der Waals surface area contributed by atoms with E-state index in [2.05, 4.69) is 22.5 Å². The molecule has 2 rings (SSSR count). The van der Waals surface area contributed by atoms with Gasteiger partial charge in [-0.25, -0.2) is 5.48 Å². The molecule has 3 heteroatoms. The Kier molecular flexibility index (Phi) is 3.02. The molecule has 0 saturated heterocycles. The van der Waals surface area contributed by atoms with Crippen LogP contribution in [0, 0.1) is 5.92 Å². The zero-order chi connectivity index (χ0) is 10.7. The Morgan fingerprint density at radius 2 is 2.13 bits per heavy atom. The summed E-state index contributed by atoms with van der Waals surface area (Å²) in [7, 11) is 1.47. The van der Waals surface area contributed by atoms with Gasteiger partial charge in [0.1, 0.15) is 0 Å². The Morgan fingerprint density at radius 3 is 2.87 bits per heavy atom. The summed E-state index contributed by atoms with van der Waals surface area (Å²) in [6.07, 6.45) is 2.72. The SMILES string of the molecule is CONC(=O)C1CCc2ccccc2C1. The van der Waals surface area contributed by atoms with Gasteiger partial charge in [0.05, 0.1) is 7.11 Å². The van der Waals surface area contributed by atoms with Gasteiger partial charge in [-0.2, -0.15) is 0 Å². The molecule has 0 aliphatic heterocycles. The summed E-state index contributed by atoms with van der Waals surface area (Å²) >= 11 is 0. The topological polar surface area (TPSA) is 38.3 Å². The van der Waals surface area contributed by atoms with Crippen molar-refractivity contribution in [3.8, 4) is 0 Å². The first-order chi connectivity index (χ1) is 7.31. The molecule has 15 heavy (non-hydrogen) atoms. The largest absolute Gasteiger partial charge is 0.277 e. The maximum atomic E-state index is 11.6. The summed E-state index contributed by atoms with van der Waals surface area (Å²) in [6.45, 7) is 0. The lowest BCUT2D eigenvalue weighted by molar-refractivity contribution is -0.135. The van der Waals surface area contributed by atoms with E-state index < -0.39 is 0 Å². The van der Waals surface area contributed by atoms with Crippen molar-refractivity contribution < 1.29 is 9.63 Å². The van der Waals surface area contributed by atoms with Crippen LogP contribution in [0.4, 0.5) is 0 Å². The van der Waals surface area contributed by atoms with Crippen LogP contribution in [0.2, 0.25) is 0 Å². The molecule has 0 spiro atoms. The van der Waals surface area contributed by atoms with Crippen LogP contribution in [0.15, 0.2) is 24.3 Å². The van der Waals surface area contributed by atoms with Crippen LogP contribution in [0.25, 0.3) is 0 Å². The number of rotatable bonds is 2. The van der Waals surface area contributed by atoms with Crippen molar-refractivity contribution in [2.45, 2.75) is 19.3 Å². The second-order valence-electron chi connectivity index (χ2n) is 3.88. The van der Waals surface area contributed by atoms with Gasteiger partial charge in [0.15, 0.2) is 0 Å². The van der Waals surface area contributed by atoms with Gasteiger partial charge >= 0.3 is 0 Å². The van der Waals surface area contributed by atoms with Gasteiger partial charge in [0.2, 0.25) is 5.91 Å². The van der Waals surface area contributed by atoms with Crippen LogP contribution in [-0.4, -0.2) is 13.0 Å². The monoisotopic (exact) mass is 205 g/mol. The second kappa shape index (κ2) is 4.45. The van der Waals surface area contributed by atoms with E-state index in [1.165, 1.54) is 18.2 Å². The highest BCUT2D eigenvalue weighted by molar-refractivity contribution is 5.78. The maximum absolute atomic E-state index is 11.6. The normalized spacial score (nSPS) is 19.4. The predicted molar refractivity (Wildman–Crippen MR) is 57.1 cm³/mol. The fourth-order valence-electron chi connectivity index (χ4n) is 2.11. The van der Waals surface area contributed by atoms with Gasteiger partial charge in [-0.3, -0.25) is 9.63 Å². The summed E-state index contributed by atoms with van der Waals surface area (Å²) in [5, 5.41) is 0. The molecule has 0 aromatic heterocycles. The zero-order valence-corrected chi connectivity index (χ0v) is 8.82. The minimum atomic E-state index is -0.00740. The fourth-order valence-corrected chi connectivity index (χ4v) is 2.11. The highest BCUT2D eigenvalue weighted by atomic mass is 16.6. The molecule has 0 bridgehead atoms. The van der Waals surface area contributed by atoms with E-state index in [4.69, 9.17) is 0 Å². The number of hydrogen-bond donors (Lipinski definition) is 1. The van der Waals surface area contributed by atoms with E-state index >= 15 is 0 Å². The van der Waals surface area contributed by atoms with Crippen molar-refractivity contribution in [3.05, 3.63) is 35.4 Å². The molecule has 0 radical (unpaired) electrons. The molecule has 80 valence electrons. The first kappa shape index (κ1) is 10.2. The molecule has 1 aliphatic rings. The highest BCUT2D eigenvalue weighted by Crippen LogP contribution is 2.25. The third kappa shape index (κ3) is 2.18. The number of carbonyl (C=O) groups excluding carboxylic acids is 1. The molecule has 1 atom stereocenters. The van der Waals surface area contributed by atoms with Gasteiger partial charge in [-0.15, -0.1) is 0 Å². The van der Waals surface area contributed by atoms with Crippen molar-refractivity contribution >= 4 is 5.91 Å². The van der Waals surface area contributed by atoms with Crippen molar-refractivity contribution in [2.75, 3.05) is 7.11 Å². The minimum absolute atomic E-state index is 0.00740. The Hall–Kier alpha value is -1.35. The molecular weight excluding hydrogens is 190 g/mol. The highest BCUT2D eigenvalue weighted by Gasteiger charge is 2.24. The number of benzene rings is 1. The molecule has 1 aliphatic carbocycles. The van der Waals surface area contributed by atoms with E-state index in [-0.39, 0.29) is 11.8 Å². The summed E-state index contributed by atoms with van der Waals surface area (Å²) < 4.78 is 0. The lowest BCUT2D eigenvalue weighted by Crippen LogP contribution is -2.33. The van der Waals surface area contributed by atoms with Gasteiger partial charge in [0.25, 0.3) is 0 Å². The van der Waals surface area contributed by atoms with Crippen LogP contribution in [0.1, 0.15) is 17.5 Å². The van der Waals surface area contributed by atoms with Gasteiger partial charge in [-0.1, -0.05) is 24.3 Å². The number of fused-ring (bicyclic) bond motifs is 1. The number of carbonyl (C=O) groups is 1. The molecule has 0 fully saturated rings. The number of aryl methyl sites for hydroxylation is 1. The number of nitrogens with one attached hydrogen (secondary N) is 1. The number of hydroxylamine groups is 1. The quantitative estimate of drug-likeness (QED) is 0.742. The lowest BCUT2D eigenvalue weighted by Gasteiger charge is -2.23. The molecular formula is C12H15NO2. The minimum Gasteiger partial charge on any atom is -0.277 e. The average Bonchev–Trinajstić information content (AvgIpc) is 2.29. The Morgan fingerprint density at radius 1 is 1.40 bits per heavy atom. The Balaban J connectivity index is 2.08. The van der Waals surface area contributed by atoms with Gasteiger partial charge in [0, 0.05) is 5.92 Å². The van der Waals surface area contributed by atoms with Crippen LogP contribution in [-0.2, 0) is 22.5 Å². The van der Waals surface area contributed by atoms with E-state index in [9.17, 15) is 4.79 Å². The molecule has 0 heterocycles. The molecule has 1 amide bonds. The van der Waals surface area contributed by atoms with E-state index in [1.807, 2.05) is 12.1 Å². The van der Waals surface area contributed by atoms with Crippen LogP contribution in [0.5, 0.6) is 0 Å². The summed E-state index contributed by atoms with van der Waals surface area (Å²) in [5.74, 6) is 0.0480. The van der Waals surface area contributed by atoms with Crippen molar-refractivity contribution in [2.24, 2.45) is 5.92 Å². The Bertz CT molecular complexity index is 362. The molecule has 1 N–H and O–H groups in total. The molecule has 3 nitrogen and oxygen atoms in total. The second-order valence-corrected chi connectivity index (χ2v) is 3.88. The summed E-state index contributed by atoms with van der Waals surface area (Å²) in [5.41, 5.74) is 5.07. The summed E-state index contributed by atoms with van der Waals surface area (Å²) in [6, 6.07) is 8.31. The molecule has 1 unspecified atom stereocenters. The average molecular weight is 205 g/mol. The fraction of sp³-hybridized carbons (Fsp3) is 0.417. The van der Waals surface area contributed by atoms with Crippen molar-refractivity contribution in [1.29, 1.82) is 0 Å². The van der Waals surface area contributed by atoms with Gasteiger partial charge < -0.3 is 0 Å². The maximum Gasteiger partial charge on any atom is 0.246 e. The molecule has 1 aromatic rings. The standard InChI is InChI=1S/C12H15NO2/c1-15-13-12(14)11-7-6-9-4-2-3-5-10(9)8-11/h2-5,11H,6-8H2,1H3,(H,13,14). The first-order valence-corrected chi connectivity index (χ1v) is 5.21. The third-order valence-corrected chi connectivity index (χ3v) is 2.92. The zero-order valence-electron chi connectivity index (χ0n) is 8.82.